The summed E-state index contributed by atoms with van der Waals surface area (Å²) in [6.07, 6.45) is 0. The Kier molecular flexibility index (Phi) is 5.45. The molecule has 1 aliphatic heterocycles. The molecule has 1 aliphatic rings. The first kappa shape index (κ1) is 16.1. The maximum Gasteiger partial charge on any atom is 0.238 e. The number of methoxy groups -OCH3 is 1. The van der Waals surface area contributed by atoms with Crippen LogP contribution >= 0.6 is 11.6 Å². The lowest BCUT2D eigenvalue weighted by molar-refractivity contribution is -0.117. The monoisotopic (exact) mass is 311 g/mol. The van der Waals surface area contributed by atoms with Gasteiger partial charge in [0.2, 0.25) is 5.91 Å². The minimum atomic E-state index is -0.0282. The zero-order valence-electron chi connectivity index (χ0n) is 12.8. The van der Waals surface area contributed by atoms with E-state index < -0.39 is 0 Å². The van der Waals surface area contributed by atoms with Gasteiger partial charge in [0.15, 0.2) is 0 Å². The van der Waals surface area contributed by atoms with E-state index in [-0.39, 0.29) is 5.91 Å². The lowest BCUT2D eigenvalue weighted by atomic mass is 10.2. The van der Waals surface area contributed by atoms with Crippen molar-refractivity contribution in [3.05, 3.63) is 22.7 Å². The van der Waals surface area contributed by atoms with E-state index in [1.165, 1.54) is 0 Å². The van der Waals surface area contributed by atoms with Gasteiger partial charge in [-0.3, -0.25) is 9.69 Å². The van der Waals surface area contributed by atoms with Crippen molar-refractivity contribution in [3.63, 3.8) is 0 Å². The number of hydrogen-bond acceptors (Lipinski definition) is 4. The van der Waals surface area contributed by atoms with Crippen LogP contribution in [0.4, 0.5) is 5.69 Å². The summed E-state index contributed by atoms with van der Waals surface area (Å²) in [7, 11) is 3.66. The summed E-state index contributed by atoms with van der Waals surface area (Å²) in [6, 6.07) is 3.56. The van der Waals surface area contributed by atoms with E-state index in [4.69, 9.17) is 16.3 Å². The first-order valence-electron chi connectivity index (χ1n) is 7.04. The van der Waals surface area contributed by atoms with Gasteiger partial charge in [-0.15, -0.1) is 0 Å². The predicted octanol–water partition coefficient (Wildman–Crippen LogP) is 1.84. The molecule has 1 N–H and O–H groups in total. The number of carbonyl (C=O) groups excluding carboxylic acids is 1. The maximum absolute atomic E-state index is 12.2. The maximum atomic E-state index is 12.2. The molecule has 6 heteroatoms. The van der Waals surface area contributed by atoms with Crippen LogP contribution in [0.2, 0.25) is 5.02 Å². The van der Waals surface area contributed by atoms with Gasteiger partial charge < -0.3 is 15.0 Å². The van der Waals surface area contributed by atoms with Gasteiger partial charge in [0.05, 0.1) is 19.3 Å². The Balaban J connectivity index is 1.98. The smallest absolute Gasteiger partial charge is 0.238 e. The number of carbonyl (C=O) groups is 1. The van der Waals surface area contributed by atoms with Crippen molar-refractivity contribution in [2.75, 3.05) is 52.2 Å². The molecule has 1 amide bonds. The number of hydrogen-bond donors (Lipinski definition) is 1. The fraction of sp³-hybridized carbons (Fsp3) is 0.533. The van der Waals surface area contributed by atoms with Gasteiger partial charge in [-0.1, -0.05) is 11.6 Å². The first-order chi connectivity index (χ1) is 9.99. The molecule has 0 radical (unpaired) electrons. The Labute approximate surface area is 130 Å². The zero-order chi connectivity index (χ0) is 15.4. The van der Waals surface area contributed by atoms with Gasteiger partial charge in [-0.25, -0.2) is 0 Å². The van der Waals surface area contributed by atoms with Crippen molar-refractivity contribution in [3.8, 4) is 5.75 Å². The summed E-state index contributed by atoms with van der Waals surface area (Å²) in [6.45, 7) is 6.13. The number of ether oxygens (including phenoxy) is 1. The lowest BCUT2D eigenvalue weighted by Crippen LogP contribution is -2.47. The van der Waals surface area contributed by atoms with Crippen molar-refractivity contribution in [1.82, 2.24) is 9.80 Å². The van der Waals surface area contributed by atoms with Crippen LogP contribution < -0.4 is 10.1 Å². The number of likely N-dealkylation sites (N-methyl/N-ethyl adjacent to an activating group) is 1. The molecule has 1 aromatic rings. The Morgan fingerprint density at radius 1 is 1.33 bits per heavy atom. The molecule has 5 nitrogen and oxygen atoms in total. The number of benzene rings is 1. The van der Waals surface area contributed by atoms with Crippen molar-refractivity contribution in [2.45, 2.75) is 6.92 Å². The highest BCUT2D eigenvalue weighted by molar-refractivity contribution is 6.31. The molecule has 0 aromatic heterocycles. The highest BCUT2D eigenvalue weighted by atomic mass is 35.5. The summed E-state index contributed by atoms with van der Waals surface area (Å²) in [5, 5.41) is 3.54. The predicted molar refractivity (Wildman–Crippen MR) is 85.3 cm³/mol. The number of aryl methyl sites for hydroxylation is 1. The van der Waals surface area contributed by atoms with Gasteiger partial charge in [0.1, 0.15) is 5.75 Å². The normalized spacial score (nSPS) is 16.8. The lowest BCUT2D eigenvalue weighted by Gasteiger charge is -2.31. The number of amides is 1. The minimum absolute atomic E-state index is 0.0282. The van der Waals surface area contributed by atoms with Gasteiger partial charge in [0.25, 0.3) is 0 Å². The molecule has 0 spiro atoms. The standard InChI is InChI=1S/C15H22ClN3O2/c1-11-8-13(14(21-3)9-12(11)16)17-15(20)10-19-6-4-18(2)5-7-19/h8-9H,4-7,10H2,1-3H3,(H,17,20). The third-order valence-corrected chi connectivity index (χ3v) is 4.13. The molecule has 116 valence electrons. The summed E-state index contributed by atoms with van der Waals surface area (Å²) >= 11 is 6.06. The molecular weight excluding hydrogens is 290 g/mol. The second-order valence-corrected chi connectivity index (χ2v) is 5.84. The number of halogens is 1. The molecule has 1 aromatic carbocycles. The van der Waals surface area contributed by atoms with Crippen LogP contribution in [0.15, 0.2) is 12.1 Å². The summed E-state index contributed by atoms with van der Waals surface area (Å²) in [5.41, 5.74) is 1.57. The Hall–Kier alpha value is -1.30. The molecule has 1 fully saturated rings. The number of anilines is 1. The average Bonchev–Trinajstić information content (AvgIpc) is 2.45. The van der Waals surface area contributed by atoms with E-state index >= 15 is 0 Å². The highest BCUT2D eigenvalue weighted by Crippen LogP contribution is 2.30. The van der Waals surface area contributed by atoms with Crippen LogP contribution in [0, 0.1) is 6.92 Å². The van der Waals surface area contributed by atoms with Gasteiger partial charge in [-0.05, 0) is 25.6 Å². The quantitative estimate of drug-likeness (QED) is 0.921. The molecular formula is C15H22ClN3O2. The number of piperazine rings is 1. The fourth-order valence-electron chi connectivity index (χ4n) is 2.33. The van der Waals surface area contributed by atoms with E-state index in [9.17, 15) is 4.79 Å². The van der Waals surface area contributed by atoms with E-state index in [2.05, 4.69) is 22.2 Å². The Morgan fingerprint density at radius 3 is 2.62 bits per heavy atom. The molecule has 0 unspecified atom stereocenters. The first-order valence-corrected chi connectivity index (χ1v) is 7.42. The van der Waals surface area contributed by atoms with E-state index in [1.807, 2.05) is 13.0 Å². The third-order valence-electron chi connectivity index (χ3n) is 3.72. The largest absolute Gasteiger partial charge is 0.495 e. The molecule has 0 saturated carbocycles. The van der Waals surface area contributed by atoms with E-state index in [1.54, 1.807) is 13.2 Å². The highest BCUT2D eigenvalue weighted by Gasteiger charge is 2.17. The average molecular weight is 312 g/mol. The van der Waals surface area contributed by atoms with Crippen molar-refractivity contribution < 1.29 is 9.53 Å². The molecule has 1 saturated heterocycles. The Morgan fingerprint density at radius 2 is 2.00 bits per heavy atom. The molecule has 0 aliphatic carbocycles. The molecule has 0 bridgehead atoms. The van der Waals surface area contributed by atoms with Crippen LogP contribution in [-0.2, 0) is 4.79 Å². The zero-order valence-corrected chi connectivity index (χ0v) is 13.5. The third kappa shape index (κ3) is 4.33. The summed E-state index contributed by atoms with van der Waals surface area (Å²) < 4.78 is 5.27. The topological polar surface area (TPSA) is 44.8 Å². The van der Waals surface area contributed by atoms with Gasteiger partial charge in [-0.2, -0.15) is 0 Å². The molecule has 2 rings (SSSR count). The summed E-state index contributed by atoms with van der Waals surface area (Å²) in [5.74, 6) is 0.553. The number of nitrogens with zero attached hydrogens (tertiary/aromatic N) is 2. The van der Waals surface area contributed by atoms with E-state index in [0.29, 0.717) is 23.0 Å². The fourth-order valence-corrected chi connectivity index (χ4v) is 2.48. The van der Waals surface area contributed by atoms with E-state index in [0.717, 1.165) is 31.7 Å². The van der Waals surface area contributed by atoms with Crippen molar-refractivity contribution >= 4 is 23.2 Å². The van der Waals surface area contributed by atoms with Gasteiger partial charge >= 0.3 is 0 Å². The van der Waals surface area contributed by atoms with Crippen LogP contribution in [-0.4, -0.2) is 62.6 Å². The van der Waals surface area contributed by atoms with Gasteiger partial charge in [0, 0.05) is 37.3 Å². The molecule has 1 heterocycles. The second kappa shape index (κ2) is 7.11. The SMILES string of the molecule is COc1cc(Cl)c(C)cc1NC(=O)CN1CCN(C)CC1. The van der Waals surface area contributed by atoms with Crippen LogP contribution in [0.1, 0.15) is 5.56 Å². The van der Waals surface area contributed by atoms with Crippen molar-refractivity contribution in [1.29, 1.82) is 0 Å². The van der Waals surface area contributed by atoms with Crippen LogP contribution in [0.5, 0.6) is 5.75 Å². The van der Waals surface area contributed by atoms with Crippen molar-refractivity contribution in [2.24, 2.45) is 0 Å². The number of nitrogens with one attached hydrogen (secondary N) is 1. The summed E-state index contributed by atoms with van der Waals surface area (Å²) in [4.78, 5) is 16.6. The number of rotatable bonds is 4. The molecule has 21 heavy (non-hydrogen) atoms. The minimum Gasteiger partial charge on any atom is -0.495 e. The van der Waals surface area contributed by atoms with Crippen LogP contribution in [0.3, 0.4) is 0 Å². The molecule has 0 atom stereocenters. The van der Waals surface area contributed by atoms with Crippen LogP contribution in [0.25, 0.3) is 0 Å². The Bertz CT molecular complexity index is 514. The second-order valence-electron chi connectivity index (χ2n) is 5.43.